The highest BCUT2D eigenvalue weighted by molar-refractivity contribution is 6.31. The number of halogens is 4. The van der Waals surface area contributed by atoms with Gasteiger partial charge in [0, 0.05) is 11.3 Å². The zero-order valence-electron chi connectivity index (χ0n) is 18.1. The molecule has 11 heteroatoms. The zero-order valence-corrected chi connectivity index (χ0v) is 18.8. The number of hydrogen-bond acceptors (Lipinski definition) is 4. The molecule has 3 aromatic carbocycles. The Balaban J connectivity index is 1.87. The first-order valence-electron chi connectivity index (χ1n) is 10.1. The molecule has 0 saturated carbocycles. The summed E-state index contributed by atoms with van der Waals surface area (Å²) in [4.78, 5) is 37.2. The molecule has 0 aliphatic rings. The number of amides is 2. The largest absolute Gasteiger partial charge is 0.492 e. The van der Waals surface area contributed by atoms with Crippen LogP contribution in [0.25, 0.3) is 0 Å². The minimum absolute atomic E-state index is 0.0592. The number of para-hydroxylation sites is 2. The van der Waals surface area contributed by atoms with E-state index in [1.165, 1.54) is 6.07 Å². The number of alkyl halides is 3. The standard InChI is InChI=1S/C24H18ClF3N2O5/c1-2-35-20-6-4-3-5-19(20)30-21(31)13-7-9-15(16(11-13)23(33)34)22(32)29-14-8-10-18(25)17(12-14)24(26,27)28/h3-12H,2H2,1H3,(H,29,32)(H,30,31)(H,33,34). The molecule has 0 bridgehead atoms. The Bertz CT molecular complexity index is 1290. The van der Waals surface area contributed by atoms with Crippen molar-refractivity contribution in [3.8, 4) is 5.75 Å². The lowest BCUT2D eigenvalue weighted by molar-refractivity contribution is -0.137. The molecular weight excluding hydrogens is 489 g/mol. The highest BCUT2D eigenvalue weighted by Gasteiger charge is 2.33. The van der Waals surface area contributed by atoms with Gasteiger partial charge in [0.1, 0.15) is 5.75 Å². The lowest BCUT2D eigenvalue weighted by Gasteiger charge is -2.14. The van der Waals surface area contributed by atoms with Crippen LogP contribution < -0.4 is 15.4 Å². The monoisotopic (exact) mass is 506 g/mol. The Hall–Kier alpha value is -4.05. The summed E-state index contributed by atoms with van der Waals surface area (Å²) in [6, 6.07) is 12.7. The third kappa shape index (κ3) is 6.10. The second-order valence-corrected chi connectivity index (χ2v) is 7.50. The van der Waals surface area contributed by atoms with Gasteiger partial charge in [0.25, 0.3) is 11.8 Å². The van der Waals surface area contributed by atoms with Crippen LogP contribution in [-0.2, 0) is 6.18 Å². The smallest absolute Gasteiger partial charge is 0.417 e. The van der Waals surface area contributed by atoms with Gasteiger partial charge in [-0.05, 0) is 55.5 Å². The molecule has 0 unspecified atom stereocenters. The van der Waals surface area contributed by atoms with Gasteiger partial charge in [-0.3, -0.25) is 9.59 Å². The van der Waals surface area contributed by atoms with E-state index >= 15 is 0 Å². The Labute approximate surface area is 202 Å². The molecule has 3 aromatic rings. The van der Waals surface area contributed by atoms with Crippen LogP contribution in [0, 0.1) is 0 Å². The average Bonchev–Trinajstić information content (AvgIpc) is 2.80. The zero-order chi connectivity index (χ0) is 25.8. The van der Waals surface area contributed by atoms with E-state index in [0.29, 0.717) is 24.1 Å². The summed E-state index contributed by atoms with van der Waals surface area (Å²) in [7, 11) is 0. The highest BCUT2D eigenvalue weighted by Crippen LogP contribution is 2.36. The van der Waals surface area contributed by atoms with E-state index in [0.717, 1.165) is 24.3 Å². The normalized spacial score (nSPS) is 11.0. The van der Waals surface area contributed by atoms with Gasteiger partial charge in [0.05, 0.1) is 34.0 Å². The first kappa shape index (κ1) is 25.6. The van der Waals surface area contributed by atoms with Gasteiger partial charge < -0.3 is 20.5 Å². The Morgan fingerprint density at radius 1 is 0.943 bits per heavy atom. The molecule has 0 saturated heterocycles. The van der Waals surface area contributed by atoms with Crippen LogP contribution in [0.4, 0.5) is 24.5 Å². The summed E-state index contributed by atoms with van der Waals surface area (Å²) in [5, 5.41) is 13.9. The quantitative estimate of drug-likeness (QED) is 0.367. The molecule has 182 valence electrons. The van der Waals surface area contributed by atoms with Gasteiger partial charge in [0.2, 0.25) is 0 Å². The van der Waals surface area contributed by atoms with E-state index in [2.05, 4.69) is 10.6 Å². The molecule has 0 fully saturated rings. The van der Waals surface area contributed by atoms with Gasteiger partial charge in [0.15, 0.2) is 0 Å². The number of benzene rings is 3. The Morgan fingerprint density at radius 2 is 1.66 bits per heavy atom. The molecule has 0 aliphatic heterocycles. The number of carbonyl (C=O) groups is 3. The lowest BCUT2D eigenvalue weighted by Crippen LogP contribution is -2.19. The van der Waals surface area contributed by atoms with Crippen molar-refractivity contribution in [2.45, 2.75) is 13.1 Å². The van der Waals surface area contributed by atoms with Crippen molar-refractivity contribution in [1.82, 2.24) is 0 Å². The van der Waals surface area contributed by atoms with Crippen LogP contribution in [0.3, 0.4) is 0 Å². The van der Waals surface area contributed by atoms with E-state index in [1.807, 2.05) is 0 Å². The van der Waals surface area contributed by atoms with E-state index < -0.39 is 40.1 Å². The fraction of sp³-hybridized carbons (Fsp3) is 0.125. The van der Waals surface area contributed by atoms with Gasteiger partial charge in [-0.1, -0.05) is 23.7 Å². The summed E-state index contributed by atoms with van der Waals surface area (Å²) in [5.41, 5.74) is -1.96. The first-order valence-corrected chi connectivity index (χ1v) is 10.5. The van der Waals surface area contributed by atoms with Crippen molar-refractivity contribution in [3.05, 3.63) is 87.9 Å². The summed E-state index contributed by atoms with van der Waals surface area (Å²) in [6.45, 7) is 2.13. The lowest BCUT2D eigenvalue weighted by atomic mass is 10.0. The van der Waals surface area contributed by atoms with Crippen molar-refractivity contribution >= 4 is 40.8 Å². The highest BCUT2D eigenvalue weighted by atomic mass is 35.5. The second-order valence-electron chi connectivity index (χ2n) is 7.10. The van der Waals surface area contributed by atoms with Gasteiger partial charge in [-0.15, -0.1) is 0 Å². The maximum absolute atomic E-state index is 13.1. The van der Waals surface area contributed by atoms with Crippen LogP contribution in [0.15, 0.2) is 60.7 Å². The SMILES string of the molecule is CCOc1ccccc1NC(=O)c1ccc(C(=O)Nc2ccc(Cl)c(C(F)(F)F)c2)c(C(=O)O)c1. The van der Waals surface area contributed by atoms with Crippen LogP contribution in [0.2, 0.25) is 5.02 Å². The molecule has 0 heterocycles. The number of anilines is 2. The van der Waals surface area contributed by atoms with Crippen molar-refractivity contribution in [2.24, 2.45) is 0 Å². The maximum Gasteiger partial charge on any atom is 0.417 e. The van der Waals surface area contributed by atoms with E-state index in [1.54, 1.807) is 31.2 Å². The third-order valence-electron chi connectivity index (χ3n) is 4.72. The summed E-state index contributed by atoms with van der Waals surface area (Å²) < 4.78 is 44.7. The predicted molar refractivity (Wildman–Crippen MR) is 123 cm³/mol. The minimum atomic E-state index is -4.75. The van der Waals surface area contributed by atoms with Gasteiger partial charge in [-0.2, -0.15) is 13.2 Å². The molecule has 0 aromatic heterocycles. The number of carbonyl (C=O) groups excluding carboxylic acids is 2. The molecule has 2 amide bonds. The fourth-order valence-electron chi connectivity index (χ4n) is 3.12. The van der Waals surface area contributed by atoms with E-state index in [4.69, 9.17) is 16.3 Å². The summed E-state index contributed by atoms with van der Waals surface area (Å²) >= 11 is 5.58. The van der Waals surface area contributed by atoms with Crippen molar-refractivity contribution < 1.29 is 37.4 Å². The molecule has 35 heavy (non-hydrogen) atoms. The predicted octanol–water partition coefficient (Wildman–Crippen LogP) is 5.96. The first-order chi connectivity index (χ1) is 16.5. The molecule has 0 radical (unpaired) electrons. The number of hydrogen-bond donors (Lipinski definition) is 3. The number of carboxylic acid groups (broad SMARTS) is 1. The summed E-state index contributed by atoms with van der Waals surface area (Å²) in [6.07, 6.45) is -4.75. The maximum atomic E-state index is 13.1. The van der Waals surface area contributed by atoms with Crippen LogP contribution in [-0.4, -0.2) is 29.5 Å². The number of ether oxygens (including phenoxy) is 1. The van der Waals surface area contributed by atoms with Crippen molar-refractivity contribution in [2.75, 3.05) is 17.2 Å². The van der Waals surface area contributed by atoms with Gasteiger partial charge >= 0.3 is 12.1 Å². The van der Waals surface area contributed by atoms with Crippen molar-refractivity contribution in [1.29, 1.82) is 0 Å². The summed E-state index contributed by atoms with van der Waals surface area (Å²) in [5.74, 6) is -2.73. The van der Waals surface area contributed by atoms with Crippen LogP contribution in [0.1, 0.15) is 43.6 Å². The molecule has 0 spiro atoms. The molecule has 3 N–H and O–H groups in total. The number of aromatic carboxylic acids is 1. The molecule has 3 rings (SSSR count). The van der Waals surface area contributed by atoms with E-state index in [-0.39, 0.29) is 16.8 Å². The molecule has 0 atom stereocenters. The van der Waals surface area contributed by atoms with Gasteiger partial charge in [-0.25, -0.2) is 4.79 Å². The molecular formula is C24H18ClF3N2O5. The Kier molecular flexibility index (Phi) is 7.65. The molecule has 7 nitrogen and oxygen atoms in total. The second kappa shape index (κ2) is 10.5. The number of carboxylic acids is 1. The number of nitrogens with one attached hydrogen (secondary N) is 2. The third-order valence-corrected chi connectivity index (χ3v) is 5.05. The minimum Gasteiger partial charge on any atom is -0.492 e. The fourth-order valence-corrected chi connectivity index (χ4v) is 3.35. The Morgan fingerprint density at radius 3 is 2.31 bits per heavy atom. The number of rotatable bonds is 7. The van der Waals surface area contributed by atoms with Crippen molar-refractivity contribution in [3.63, 3.8) is 0 Å². The van der Waals surface area contributed by atoms with E-state index in [9.17, 15) is 32.7 Å². The van der Waals surface area contributed by atoms with Crippen LogP contribution in [0.5, 0.6) is 5.75 Å². The molecule has 0 aliphatic carbocycles. The average molecular weight is 507 g/mol. The topological polar surface area (TPSA) is 105 Å². The van der Waals surface area contributed by atoms with Crippen LogP contribution >= 0.6 is 11.6 Å².